The number of nitrogens with one attached hydrogen (secondary N) is 1. The zero-order chi connectivity index (χ0) is 22.4. The maximum Gasteiger partial charge on any atom is 0.273 e. The van der Waals surface area contributed by atoms with Crippen LogP contribution >= 0.6 is 0 Å². The first kappa shape index (κ1) is 19.7. The average Bonchev–Trinajstić information content (AvgIpc) is 3.36. The summed E-state index contributed by atoms with van der Waals surface area (Å²) in [6, 6.07) is 10.7. The van der Waals surface area contributed by atoms with Crippen LogP contribution in [0.5, 0.6) is 0 Å². The molecule has 0 bridgehead atoms. The van der Waals surface area contributed by atoms with E-state index >= 15 is 0 Å². The van der Waals surface area contributed by atoms with Crippen LogP contribution in [0.15, 0.2) is 49.1 Å². The van der Waals surface area contributed by atoms with Crippen molar-refractivity contribution < 1.29 is 0 Å². The first-order valence-electron chi connectivity index (χ1n) is 11.3. The highest BCUT2D eigenvalue weighted by molar-refractivity contribution is 5.86. The number of aromatic nitrogens is 9. The van der Waals surface area contributed by atoms with Gasteiger partial charge in [-0.3, -0.25) is 9.67 Å². The smallest absolute Gasteiger partial charge is 0.273 e. The lowest BCUT2D eigenvalue weighted by atomic mass is 10.0. The van der Waals surface area contributed by atoms with Crippen LogP contribution in [-0.4, -0.2) is 44.9 Å². The van der Waals surface area contributed by atoms with Gasteiger partial charge < -0.3 is 5.32 Å². The molecular weight excluding hydrogens is 416 g/mol. The van der Waals surface area contributed by atoms with Crippen LogP contribution < -0.4 is 5.32 Å². The molecule has 2 atom stereocenters. The summed E-state index contributed by atoms with van der Waals surface area (Å²) in [5.74, 6) is 1.60. The zero-order valence-electron chi connectivity index (χ0n) is 18.5. The molecule has 1 aliphatic rings. The molecule has 4 heterocycles. The normalized spacial score (nSPS) is 15.7. The van der Waals surface area contributed by atoms with Crippen molar-refractivity contribution in [2.75, 3.05) is 5.32 Å². The predicted molar refractivity (Wildman–Crippen MR) is 124 cm³/mol. The van der Waals surface area contributed by atoms with Crippen LogP contribution in [0.4, 0.5) is 5.82 Å². The molecule has 0 saturated heterocycles. The Balaban J connectivity index is 1.48. The number of pyridine rings is 1. The molecule has 0 amide bonds. The molecule has 10 heteroatoms. The second-order valence-electron chi connectivity index (χ2n) is 8.60. The van der Waals surface area contributed by atoms with E-state index in [1.54, 1.807) is 6.20 Å². The van der Waals surface area contributed by atoms with Crippen molar-refractivity contribution in [1.29, 1.82) is 0 Å². The molecule has 5 aromatic rings. The third kappa shape index (κ3) is 3.57. The SMILES string of the molecule is CC[C@@H](C)n1ncc2nc(-n3ncnn3)nc(N[C@@H](c3cnc4ccccc4c3)C3CC3)c21. The number of benzene rings is 1. The molecule has 166 valence electrons. The first-order chi connectivity index (χ1) is 16.2. The first-order valence-corrected chi connectivity index (χ1v) is 11.3. The highest BCUT2D eigenvalue weighted by atomic mass is 15.6. The number of hydrogen-bond donors (Lipinski definition) is 1. The van der Waals surface area contributed by atoms with Crippen LogP contribution in [0.25, 0.3) is 27.9 Å². The largest absolute Gasteiger partial charge is 0.361 e. The monoisotopic (exact) mass is 440 g/mol. The van der Waals surface area contributed by atoms with E-state index in [4.69, 9.17) is 9.97 Å². The second kappa shape index (κ2) is 7.88. The van der Waals surface area contributed by atoms with E-state index in [9.17, 15) is 0 Å². The van der Waals surface area contributed by atoms with Gasteiger partial charge in [0, 0.05) is 17.6 Å². The van der Waals surface area contributed by atoms with E-state index < -0.39 is 0 Å². The summed E-state index contributed by atoms with van der Waals surface area (Å²) in [6.45, 7) is 4.29. The lowest BCUT2D eigenvalue weighted by Crippen LogP contribution is -2.18. The number of nitrogens with zero attached hydrogens (tertiary/aromatic N) is 9. The van der Waals surface area contributed by atoms with E-state index in [0.29, 0.717) is 11.9 Å². The molecule has 1 saturated carbocycles. The molecule has 10 nitrogen and oxygen atoms in total. The van der Waals surface area contributed by atoms with Gasteiger partial charge in [-0.1, -0.05) is 29.9 Å². The topological polar surface area (TPSA) is 112 Å². The number of rotatable bonds is 7. The molecule has 1 N–H and O–H groups in total. The van der Waals surface area contributed by atoms with Gasteiger partial charge in [-0.25, -0.2) is 4.98 Å². The molecule has 1 aliphatic carbocycles. The Labute approximate surface area is 190 Å². The Morgan fingerprint density at radius 1 is 1.09 bits per heavy atom. The summed E-state index contributed by atoms with van der Waals surface area (Å²) in [6.07, 6.45) is 8.41. The molecule has 0 aliphatic heterocycles. The molecule has 33 heavy (non-hydrogen) atoms. The summed E-state index contributed by atoms with van der Waals surface area (Å²) in [5.41, 5.74) is 3.77. The van der Waals surface area contributed by atoms with E-state index in [1.165, 1.54) is 24.0 Å². The number of anilines is 1. The lowest BCUT2D eigenvalue weighted by Gasteiger charge is -2.21. The van der Waals surface area contributed by atoms with Gasteiger partial charge in [0.1, 0.15) is 11.0 Å². The summed E-state index contributed by atoms with van der Waals surface area (Å²) in [4.78, 5) is 15.5. The highest BCUT2D eigenvalue weighted by Gasteiger charge is 2.34. The number of hydrogen-bond acceptors (Lipinski definition) is 8. The average molecular weight is 441 g/mol. The van der Waals surface area contributed by atoms with Crippen LogP contribution in [0.2, 0.25) is 0 Å². The highest BCUT2D eigenvalue weighted by Crippen LogP contribution is 2.43. The Hall–Kier alpha value is -3.95. The van der Waals surface area contributed by atoms with Crippen LogP contribution in [0.3, 0.4) is 0 Å². The fourth-order valence-corrected chi connectivity index (χ4v) is 4.21. The Morgan fingerprint density at radius 3 is 2.76 bits per heavy atom. The maximum atomic E-state index is 4.83. The van der Waals surface area contributed by atoms with Crippen molar-refractivity contribution in [3.05, 3.63) is 54.6 Å². The Bertz CT molecular complexity index is 1420. The van der Waals surface area contributed by atoms with Crippen molar-refractivity contribution in [3.8, 4) is 5.95 Å². The van der Waals surface area contributed by atoms with Gasteiger partial charge in [-0.15, -0.1) is 10.2 Å². The lowest BCUT2D eigenvalue weighted by molar-refractivity contribution is 0.492. The van der Waals surface area contributed by atoms with Gasteiger partial charge in [0.2, 0.25) is 0 Å². The molecule has 1 fully saturated rings. The number of tetrazole rings is 1. The minimum atomic E-state index is 0.0806. The van der Waals surface area contributed by atoms with E-state index in [1.807, 2.05) is 29.1 Å². The van der Waals surface area contributed by atoms with E-state index in [2.05, 4.69) is 56.8 Å². The van der Waals surface area contributed by atoms with Gasteiger partial charge in [0.05, 0.1) is 17.8 Å². The zero-order valence-corrected chi connectivity index (χ0v) is 18.5. The molecule has 4 aromatic heterocycles. The van der Waals surface area contributed by atoms with E-state index in [-0.39, 0.29) is 12.1 Å². The van der Waals surface area contributed by atoms with E-state index in [0.717, 1.165) is 39.7 Å². The fourth-order valence-electron chi connectivity index (χ4n) is 4.21. The van der Waals surface area contributed by atoms with Crippen molar-refractivity contribution in [1.82, 2.24) is 44.9 Å². The van der Waals surface area contributed by atoms with Crippen LogP contribution in [-0.2, 0) is 0 Å². The van der Waals surface area contributed by atoms with Crippen molar-refractivity contribution >= 4 is 27.8 Å². The van der Waals surface area contributed by atoms with Gasteiger partial charge in [-0.2, -0.15) is 10.1 Å². The third-order valence-corrected chi connectivity index (χ3v) is 6.33. The number of para-hydroxylation sites is 1. The molecule has 6 rings (SSSR count). The molecule has 0 radical (unpaired) electrons. The van der Waals surface area contributed by atoms with Crippen LogP contribution in [0.1, 0.15) is 50.8 Å². The quantitative estimate of drug-likeness (QED) is 0.406. The van der Waals surface area contributed by atoms with Gasteiger partial charge in [0.15, 0.2) is 12.1 Å². The van der Waals surface area contributed by atoms with Crippen molar-refractivity contribution in [3.63, 3.8) is 0 Å². The number of fused-ring (bicyclic) bond motifs is 2. The summed E-state index contributed by atoms with van der Waals surface area (Å²) in [5, 5.41) is 21.4. The standard InChI is InChI=1S/C23H24N10/c1-3-14(2)32-21-19(12-26-32)28-23(33-27-13-25-31-33)30-22(21)29-20(15-8-9-15)17-10-16-6-4-5-7-18(16)24-11-17/h4-7,10-15,20H,3,8-9H2,1-2H3,(H,28,29,30)/t14-,20-/m1/s1. The van der Waals surface area contributed by atoms with Crippen molar-refractivity contribution in [2.24, 2.45) is 5.92 Å². The molecule has 0 spiro atoms. The van der Waals surface area contributed by atoms with Crippen LogP contribution in [0, 0.1) is 5.92 Å². The van der Waals surface area contributed by atoms with Gasteiger partial charge in [-0.05, 0) is 55.0 Å². The molecular formula is C23H24N10. The van der Waals surface area contributed by atoms with Gasteiger partial charge >= 0.3 is 0 Å². The predicted octanol–water partition coefficient (Wildman–Crippen LogP) is 3.88. The van der Waals surface area contributed by atoms with Gasteiger partial charge in [0.25, 0.3) is 5.95 Å². The third-order valence-electron chi connectivity index (χ3n) is 6.33. The Morgan fingerprint density at radius 2 is 1.97 bits per heavy atom. The second-order valence-corrected chi connectivity index (χ2v) is 8.60. The molecule has 0 unspecified atom stereocenters. The summed E-state index contributed by atoms with van der Waals surface area (Å²) >= 11 is 0. The maximum absolute atomic E-state index is 4.83. The molecule has 1 aromatic carbocycles. The minimum Gasteiger partial charge on any atom is -0.361 e. The summed E-state index contributed by atoms with van der Waals surface area (Å²) in [7, 11) is 0. The Kier molecular flexibility index (Phi) is 4.70. The van der Waals surface area contributed by atoms with Crippen molar-refractivity contribution in [2.45, 2.75) is 45.2 Å². The minimum absolute atomic E-state index is 0.0806. The fraction of sp³-hybridized carbons (Fsp3) is 0.348. The summed E-state index contributed by atoms with van der Waals surface area (Å²) < 4.78 is 2.00.